The fourth-order valence-electron chi connectivity index (χ4n) is 4.62. The number of benzene rings is 2. The van der Waals surface area contributed by atoms with Gasteiger partial charge < -0.3 is 9.47 Å². The molecule has 0 N–H and O–H groups in total. The third kappa shape index (κ3) is 4.73. The van der Waals surface area contributed by atoms with E-state index in [9.17, 15) is 4.39 Å². The maximum Gasteiger partial charge on any atom is 0.158 e. The summed E-state index contributed by atoms with van der Waals surface area (Å²) in [6.45, 7) is 7.98. The third-order valence-electron chi connectivity index (χ3n) is 6.32. The third-order valence-corrected chi connectivity index (χ3v) is 6.60. The number of hydrogen-bond acceptors (Lipinski definition) is 4. The number of nitrogens with zero attached hydrogens (tertiary/aromatic N) is 3. The first-order valence-corrected chi connectivity index (χ1v) is 12.0. The quantitative estimate of drug-likeness (QED) is 0.427. The van der Waals surface area contributed by atoms with Crippen LogP contribution in [0.4, 0.5) is 4.39 Å². The van der Waals surface area contributed by atoms with Crippen molar-refractivity contribution in [1.29, 1.82) is 0 Å². The number of fused-ring (bicyclic) bond motifs is 2. The molecule has 0 saturated carbocycles. The first kappa shape index (κ1) is 22.2. The summed E-state index contributed by atoms with van der Waals surface area (Å²) in [7, 11) is 0. The van der Waals surface area contributed by atoms with Crippen molar-refractivity contribution in [3.05, 3.63) is 58.0 Å². The summed E-state index contributed by atoms with van der Waals surface area (Å²) in [5, 5.41) is 5.78. The molecular weight excluding hydrogens is 441 g/mol. The zero-order valence-electron chi connectivity index (χ0n) is 19.1. The van der Waals surface area contributed by atoms with Crippen molar-refractivity contribution in [1.82, 2.24) is 14.7 Å². The molecule has 0 bridgehead atoms. The largest absolute Gasteiger partial charge is 0.489 e. The topological polar surface area (TPSA) is 39.5 Å². The maximum absolute atomic E-state index is 14.9. The van der Waals surface area contributed by atoms with E-state index in [2.05, 4.69) is 23.8 Å². The van der Waals surface area contributed by atoms with Gasteiger partial charge in [-0.3, -0.25) is 9.58 Å². The first-order chi connectivity index (χ1) is 16.0. The predicted octanol–water partition coefficient (Wildman–Crippen LogP) is 6.25. The molecular formula is C26H29ClFN3O2. The number of piperidine rings is 1. The van der Waals surface area contributed by atoms with Crippen LogP contribution in [0.15, 0.2) is 35.9 Å². The average Bonchev–Trinajstić information content (AvgIpc) is 3.15. The number of rotatable bonds is 6. The van der Waals surface area contributed by atoms with Gasteiger partial charge in [0.25, 0.3) is 0 Å². The normalized spacial score (nSPS) is 16.6. The Morgan fingerprint density at radius 3 is 2.76 bits per heavy atom. The summed E-state index contributed by atoms with van der Waals surface area (Å²) in [5.41, 5.74) is 3.55. The van der Waals surface area contributed by atoms with Crippen LogP contribution in [-0.4, -0.2) is 40.9 Å². The van der Waals surface area contributed by atoms with Gasteiger partial charge in [-0.05, 0) is 69.1 Å². The van der Waals surface area contributed by atoms with E-state index in [1.165, 1.54) is 25.3 Å². The van der Waals surface area contributed by atoms with Crippen molar-refractivity contribution < 1.29 is 13.9 Å². The SMILES string of the molecule is CC(C)n1nc(Cl)c2cc(COc3cc(F)c4c(c3)OCC(CN3CCCCC3)=C4)ccc21. The lowest BCUT2D eigenvalue weighted by Gasteiger charge is -2.29. The highest BCUT2D eigenvalue weighted by molar-refractivity contribution is 6.34. The van der Waals surface area contributed by atoms with E-state index in [0.29, 0.717) is 35.4 Å². The molecule has 2 aliphatic rings. The van der Waals surface area contributed by atoms with E-state index >= 15 is 0 Å². The minimum atomic E-state index is -0.324. The molecule has 1 fully saturated rings. The molecule has 0 atom stereocenters. The lowest BCUT2D eigenvalue weighted by Crippen LogP contribution is -2.33. The highest BCUT2D eigenvalue weighted by Crippen LogP contribution is 2.34. The molecule has 2 aliphatic heterocycles. The van der Waals surface area contributed by atoms with Crippen LogP contribution in [0.2, 0.25) is 5.15 Å². The van der Waals surface area contributed by atoms with Gasteiger partial charge in [-0.15, -0.1) is 0 Å². The van der Waals surface area contributed by atoms with Crippen molar-refractivity contribution in [2.45, 2.75) is 45.8 Å². The predicted molar refractivity (Wildman–Crippen MR) is 130 cm³/mol. The minimum Gasteiger partial charge on any atom is -0.489 e. The first-order valence-electron chi connectivity index (χ1n) is 11.7. The Labute approximate surface area is 198 Å². The number of halogens is 2. The summed E-state index contributed by atoms with van der Waals surface area (Å²) in [6, 6.07) is 9.39. The van der Waals surface area contributed by atoms with Gasteiger partial charge in [-0.2, -0.15) is 5.10 Å². The van der Waals surface area contributed by atoms with Crippen molar-refractivity contribution in [2.75, 3.05) is 26.2 Å². The van der Waals surface area contributed by atoms with Crippen LogP contribution in [0.25, 0.3) is 17.0 Å². The molecule has 0 aliphatic carbocycles. The van der Waals surface area contributed by atoms with E-state index in [-0.39, 0.29) is 11.9 Å². The molecule has 1 saturated heterocycles. The highest BCUT2D eigenvalue weighted by Gasteiger charge is 2.20. The summed E-state index contributed by atoms with van der Waals surface area (Å²) in [5.74, 6) is 0.655. The summed E-state index contributed by atoms with van der Waals surface area (Å²) in [6.07, 6.45) is 5.71. The van der Waals surface area contributed by atoms with Gasteiger partial charge in [0.15, 0.2) is 5.15 Å². The number of likely N-dealkylation sites (tertiary alicyclic amines) is 1. The minimum absolute atomic E-state index is 0.218. The van der Waals surface area contributed by atoms with E-state index in [4.69, 9.17) is 21.1 Å². The monoisotopic (exact) mass is 469 g/mol. The molecule has 1 aromatic heterocycles. The van der Waals surface area contributed by atoms with Crippen LogP contribution >= 0.6 is 11.6 Å². The molecule has 3 heterocycles. The van der Waals surface area contributed by atoms with Crippen LogP contribution < -0.4 is 9.47 Å². The second kappa shape index (κ2) is 9.35. The van der Waals surface area contributed by atoms with Crippen LogP contribution in [0, 0.1) is 5.82 Å². The Balaban J connectivity index is 1.30. The van der Waals surface area contributed by atoms with E-state index < -0.39 is 0 Å². The van der Waals surface area contributed by atoms with Crippen LogP contribution in [0.3, 0.4) is 0 Å². The van der Waals surface area contributed by atoms with Crippen LogP contribution in [0.5, 0.6) is 11.5 Å². The zero-order valence-corrected chi connectivity index (χ0v) is 19.9. The molecule has 2 aromatic carbocycles. The molecule has 0 spiro atoms. The molecule has 7 heteroatoms. The Bertz CT molecular complexity index is 1200. The Hall–Kier alpha value is -2.57. The van der Waals surface area contributed by atoms with Gasteiger partial charge in [0.1, 0.15) is 30.5 Å². The fraction of sp³-hybridized carbons (Fsp3) is 0.423. The van der Waals surface area contributed by atoms with Crippen molar-refractivity contribution in [3.63, 3.8) is 0 Å². The molecule has 5 rings (SSSR count). The zero-order chi connectivity index (χ0) is 22.9. The van der Waals surface area contributed by atoms with E-state index in [1.807, 2.05) is 29.0 Å². The van der Waals surface area contributed by atoms with Gasteiger partial charge in [0.05, 0.1) is 11.1 Å². The van der Waals surface area contributed by atoms with E-state index in [0.717, 1.165) is 41.7 Å². The summed E-state index contributed by atoms with van der Waals surface area (Å²) in [4.78, 5) is 2.42. The average molecular weight is 470 g/mol. The number of aromatic nitrogens is 2. The smallest absolute Gasteiger partial charge is 0.158 e. The van der Waals surface area contributed by atoms with Crippen molar-refractivity contribution in [3.8, 4) is 11.5 Å². The molecule has 0 amide bonds. The molecule has 0 radical (unpaired) electrons. The highest BCUT2D eigenvalue weighted by atomic mass is 35.5. The molecule has 5 nitrogen and oxygen atoms in total. The van der Waals surface area contributed by atoms with Crippen molar-refractivity contribution in [2.24, 2.45) is 0 Å². The lowest BCUT2D eigenvalue weighted by atomic mass is 10.0. The van der Waals surface area contributed by atoms with Gasteiger partial charge in [-0.25, -0.2) is 4.39 Å². The second-order valence-corrected chi connectivity index (χ2v) is 9.57. The van der Waals surface area contributed by atoms with E-state index in [1.54, 1.807) is 6.07 Å². The lowest BCUT2D eigenvalue weighted by molar-refractivity contribution is 0.234. The van der Waals surface area contributed by atoms with Gasteiger partial charge in [0, 0.05) is 30.1 Å². The molecule has 0 unspecified atom stereocenters. The van der Waals surface area contributed by atoms with Crippen LogP contribution in [-0.2, 0) is 6.61 Å². The molecule has 3 aromatic rings. The molecule has 33 heavy (non-hydrogen) atoms. The van der Waals surface area contributed by atoms with Crippen molar-refractivity contribution >= 4 is 28.6 Å². The summed E-state index contributed by atoms with van der Waals surface area (Å²) >= 11 is 6.34. The van der Waals surface area contributed by atoms with Gasteiger partial charge in [-0.1, -0.05) is 24.1 Å². The Morgan fingerprint density at radius 2 is 1.97 bits per heavy atom. The summed E-state index contributed by atoms with van der Waals surface area (Å²) < 4.78 is 28.6. The second-order valence-electron chi connectivity index (χ2n) is 9.21. The Kier molecular flexibility index (Phi) is 6.30. The van der Waals surface area contributed by atoms with Crippen LogP contribution in [0.1, 0.15) is 50.3 Å². The Morgan fingerprint density at radius 1 is 1.15 bits per heavy atom. The van der Waals surface area contributed by atoms with Gasteiger partial charge in [0.2, 0.25) is 0 Å². The number of ether oxygens (including phenoxy) is 2. The number of hydrogen-bond donors (Lipinski definition) is 0. The molecule has 174 valence electrons. The standard InChI is InChI=1S/C26H29ClFN3O2/c1-17(2)31-24-7-6-18(10-22(24)26(27)29-31)15-32-20-12-23(28)21-11-19(16-33-25(21)13-20)14-30-8-4-3-5-9-30/h6-7,10-13,17H,3-5,8-9,14-16H2,1-2H3. The van der Waals surface area contributed by atoms with Gasteiger partial charge >= 0.3 is 0 Å². The fourth-order valence-corrected chi connectivity index (χ4v) is 4.86. The maximum atomic E-state index is 14.9.